The van der Waals surface area contributed by atoms with Gasteiger partial charge < -0.3 is 21.4 Å². The van der Waals surface area contributed by atoms with Gasteiger partial charge in [-0.25, -0.2) is 0 Å². The maximum atomic E-state index is 10.5. The maximum absolute atomic E-state index is 10.5. The van der Waals surface area contributed by atoms with Crippen LogP contribution in [0.15, 0.2) is 24.5 Å². The van der Waals surface area contributed by atoms with E-state index in [0.29, 0.717) is 6.54 Å². The summed E-state index contributed by atoms with van der Waals surface area (Å²) < 4.78 is 0. The minimum absolute atomic E-state index is 0.168. The molecule has 0 aromatic carbocycles. The minimum atomic E-state index is -0.276. The fourth-order valence-corrected chi connectivity index (χ4v) is 1.13. The van der Waals surface area contributed by atoms with Gasteiger partial charge in [-0.2, -0.15) is 0 Å². The summed E-state index contributed by atoms with van der Waals surface area (Å²) in [5.74, 6) is -0.276. The third kappa shape index (κ3) is 4.06. The van der Waals surface area contributed by atoms with Gasteiger partial charge in [-0.3, -0.25) is 4.79 Å². The highest BCUT2D eigenvalue weighted by atomic mass is 16.1. The van der Waals surface area contributed by atoms with Crippen molar-refractivity contribution in [3.8, 4) is 0 Å². The Hall–Kier alpha value is -1.33. The molecule has 1 unspecified atom stereocenters. The van der Waals surface area contributed by atoms with Crippen LogP contribution >= 0.6 is 0 Å². The molecule has 14 heavy (non-hydrogen) atoms. The number of nitrogens with two attached hydrogens (primary N) is 1. The molecule has 1 fully saturated rings. The van der Waals surface area contributed by atoms with Crippen LogP contribution in [0.3, 0.4) is 0 Å². The number of primary amides is 1. The quantitative estimate of drug-likeness (QED) is 0.467. The molecule has 1 saturated heterocycles. The molecule has 5 N–H and O–H groups in total. The number of hydrogen-bond acceptors (Lipinski definition) is 3. The number of rotatable bonds is 1. The summed E-state index contributed by atoms with van der Waals surface area (Å²) in [4.78, 5) is 13.3. The molecular weight excluding hydrogens is 180 g/mol. The second-order valence-electron chi connectivity index (χ2n) is 3.00. The molecule has 1 aromatic heterocycles. The molecule has 1 amide bonds. The van der Waals surface area contributed by atoms with E-state index in [9.17, 15) is 4.79 Å². The Bertz CT molecular complexity index is 224. The average Bonchev–Trinajstić information content (AvgIpc) is 2.77. The molecule has 0 aliphatic carbocycles. The first-order chi connectivity index (χ1) is 6.80. The lowest BCUT2D eigenvalue weighted by Gasteiger charge is -2.21. The lowest BCUT2D eigenvalue weighted by atomic mass is 10.2. The van der Waals surface area contributed by atoms with Gasteiger partial charge in [-0.15, -0.1) is 0 Å². The molecule has 0 radical (unpaired) electrons. The number of hydrogen-bond donors (Lipinski definition) is 4. The predicted molar refractivity (Wildman–Crippen MR) is 54.6 cm³/mol. The summed E-state index contributed by atoms with van der Waals surface area (Å²) in [5.41, 5.74) is 5.03. The zero-order valence-electron chi connectivity index (χ0n) is 7.99. The van der Waals surface area contributed by atoms with Gasteiger partial charge in [0.1, 0.15) is 0 Å². The van der Waals surface area contributed by atoms with E-state index in [1.165, 1.54) is 0 Å². The van der Waals surface area contributed by atoms with Crippen LogP contribution in [0.2, 0.25) is 0 Å². The van der Waals surface area contributed by atoms with Crippen molar-refractivity contribution in [2.75, 3.05) is 19.6 Å². The Balaban J connectivity index is 0.000000165. The van der Waals surface area contributed by atoms with Crippen molar-refractivity contribution >= 4 is 5.91 Å². The summed E-state index contributed by atoms with van der Waals surface area (Å²) in [6.45, 7) is 2.41. The van der Waals surface area contributed by atoms with Gasteiger partial charge >= 0.3 is 0 Å². The first-order valence-corrected chi connectivity index (χ1v) is 4.62. The number of nitrogens with one attached hydrogen (secondary N) is 3. The first-order valence-electron chi connectivity index (χ1n) is 4.62. The van der Waals surface area contributed by atoms with E-state index >= 15 is 0 Å². The molecule has 1 atom stereocenters. The van der Waals surface area contributed by atoms with Gasteiger partial charge in [-0.1, -0.05) is 0 Å². The highest BCUT2D eigenvalue weighted by Gasteiger charge is 2.16. The van der Waals surface area contributed by atoms with Crippen LogP contribution in [-0.2, 0) is 4.79 Å². The van der Waals surface area contributed by atoms with E-state index in [1.54, 1.807) is 0 Å². The minimum Gasteiger partial charge on any atom is -0.368 e. The van der Waals surface area contributed by atoms with Crippen LogP contribution in [0.5, 0.6) is 0 Å². The lowest BCUT2D eigenvalue weighted by molar-refractivity contribution is -0.120. The zero-order valence-corrected chi connectivity index (χ0v) is 7.99. The maximum Gasteiger partial charge on any atom is 0.235 e. The smallest absolute Gasteiger partial charge is 0.235 e. The van der Waals surface area contributed by atoms with Crippen molar-refractivity contribution in [3.63, 3.8) is 0 Å². The number of piperazine rings is 1. The molecule has 2 rings (SSSR count). The Kier molecular flexibility index (Phi) is 4.74. The monoisotopic (exact) mass is 196 g/mol. The van der Waals surface area contributed by atoms with Crippen LogP contribution < -0.4 is 16.4 Å². The van der Waals surface area contributed by atoms with Gasteiger partial charge in [0.2, 0.25) is 5.91 Å². The van der Waals surface area contributed by atoms with E-state index in [0.717, 1.165) is 13.1 Å². The Labute approximate surface area is 83.1 Å². The standard InChI is InChI=1S/C5H11N3O.C4H5N/c6-5(9)4-3-7-1-2-8-4;1-2-4-5-3-1/h4,7-8H,1-3H2,(H2,6,9);1-5H. The van der Waals surface area contributed by atoms with Crippen LogP contribution in [-0.4, -0.2) is 36.6 Å². The molecule has 0 spiro atoms. The second-order valence-corrected chi connectivity index (χ2v) is 3.00. The van der Waals surface area contributed by atoms with Crippen molar-refractivity contribution in [1.82, 2.24) is 15.6 Å². The lowest BCUT2D eigenvalue weighted by Crippen LogP contribution is -2.54. The van der Waals surface area contributed by atoms with E-state index in [2.05, 4.69) is 15.6 Å². The topological polar surface area (TPSA) is 82.9 Å². The van der Waals surface area contributed by atoms with E-state index in [4.69, 9.17) is 5.73 Å². The van der Waals surface area contributed by atoms with Gasteiger partial charge in [0.25, 0.3) is 0 Å². The molecule has 0 saturated carbocycles. The van der Waals surface area contributed by atoms with E-state index in [-0.39, 0.29) is 11.9 Å². The van der Waals surface area contributed by atoms with Crippen LogP contribution in [0.25, 0.3) is 0 Å². The average molecular weight is 196 g/mol. The summed E-state index contributed by atoms with van der Waals surface area (Å²) in [6.07, 6.45) is 3.75. The number of aromatic amines is 1. The number of carbonyl (C=O) groups excluding carboxylic acids is 1. The summed E-state index contributed by atoms with van der Waals surface area (Å²) >= 11 is 0. The molecule has 2 heterocycles. The highest BCUT2D eigenvalue weighted by Crippen LogP contribution is 1.83. The summed E-state index contributed by atoms with van der Waals surface area (Å²) in [7, 11) is 0. The van der Waals surface area contributed by atoms with Gasteiger partial charge in [0, 0.05) is 32.0 Å². The van der Waals surface area contributed by atoms with Crippen molar-refractivity contribution in [2.45, 2.75) is 6.04 Å². The Morgan fingerprint density at radius 1 is 1.29 bits per heavy atom. The molecule has 5 nitrogen and oxygen atoms in total. The van der Waals surface area contributed by atoms with Crippen molar-refractivity contribution in [1.29, 1.82) is 0 Å². The molecule has 1 aliphatic heterocycles. The number of aromatic nitrogens is 1. The first kappa shape index (κ1) is 10.7. The van der Waals surface area contributed by atoms with E-state index in [1.807, 2.05) is 24.5 Å². The van der Waals surface area contributed by atoms with Crippen LogP contribution in [0.4, 0.5) is 0 Å². The molecule has 1 aromatic rings. The fraction of sp³-hybridized carbons (Fsp3) is 0.444. The van der Waals surface area contributed by atoms with Crippen LogP contribution in [0, 0.1) is 0 Å². The summed E-state index contributed by atoms with van der Waals surface area (Å²) in [5, 5.41) is 6.03. The Morgan fingerprint density at radius 3 is 2.29 bits per heavy atom. The second kappa shape index (κ2) is 6.17. The number of carbonyl (C=O) groups is 1. The van der Waals surface area contributed by atoms with Crippen LogP contribution in [0.1, 0.15) is 0 Å². The molecule has 78 valence electrons. The summed E-state index contributed by atoms with van der Waals surface area (Å²) in [6, 6.07) is 3.72. The van der Waals surface area contributed by atoms with E-state index < -0.39 is 0 Å². The normalized spacial score (nSPS) is 20.7. The third-order valence-electron chi connectivity index (χ3n) is 1.88. The fourth-order valence-electron chi connectivity index (χ4n) is 1.13. The largest absolute Gasteiger partial charge is 0.368 e. The van der Waals surface area contributed by atoms with Crippen molar-refractivity contribution in [2.24, 2.45) is 5.73 Å². The van der Waals surface area contributed by atoms with Gasteiger partial charge in [0.15, 0.2) is 0 Å². The number of H-pyrrole nitrogens is 1. The molecule has 1 aliphatic rings. The predicted octanol–water partition coefficient (Wildman–Crippen LogP) is -0.952. The van der Waals surface area contributed by atoms with Crippen molar-refractivity contribution in [3.05, 3.63) is 24.5 Å². The van der Waals surface area contributed by atoms with Gasteiger partial charge in [0.05, 0.1) is 6.04 Å². The zero-order chi connectivity index (χ0) is 10.2. The molecule has 5 heteroatoms. The van der Waals surface area contributed by atoms with Crippen molar-refractivity contribution < 1.29 is 4.79 Å². The number of amides is 1. The third-order valence-corrected chi connectivity index (χ3v) is 1.88. The Morgan fingerprint density at radius 2 is 2.00 bits per heavy atom. The SMILES string of the molecule is NC(=O)C1CNCCN1.c1cc[nH]c1. The molecular formula is C9H16N4O. The molecule has 0 bridgehead atoms. The van der Waals surface area contributed by atoms with Gasteiger partial charge in [-0.05, 0) is 12.1 Å². The highest BCUT2D eigenvalue weighted by molar-refractivity contribution is 5.80.